The van der Waals surface area contributed by atoms with Crippen LogP contribution in [-0.2, 0) is 19.5 Å². The summed E-state index contributed by atoms with van der Waals surface area (Å²) < 4.78 is 2.84. The highest BCUT2D eigenvalue weighted by Crippen LogP contribution is 2.24. The molecule has 0 aliphatic carbocycles. The SMILES string of the molecule is Cc1cccnc1-n1c(C)cc(CN2CCc3[nH]c(=S)ncc3C2)c1C. The molecule has 1 N–H and O–H groups in total. The Morgan fingerprint density at radius 3 is 2.88 bits per heavy atom. The highest BCUT2D eigenvalue weighted by Gasteiger charge is 2.20. The first-order valence-electron chi connectivity index (χ1n) is 8.92. The molecule has 0 unspecified atom stereocenters. The van der Waals surface area contributed by atoms with Crippen molar-refractivity contribution in [2.45, 2.75) is 40.3 Å². The number of aryl methyl sites for hydroxylation is 2. The number of hydrogen-bond acceptors (Lipinski definition) is 4. The van der Waals surface area contributed by atoms with E-state index in [1.807, 2.05) is 18.5 Å². The average molecular weight is 366 g/mol. The van der Waals surface area contributed by atoms with Gasteiger partial charge in [0.2, 0.25) is 0 Å². The molecule has 26 heavy (non-hydrogen) atoms. The van der Waals surface area contributed by atoms with E-state index in [1.165, 1.54) is 33.8 Å². The molecule has 0 saturated heterocycles. The molecule has 0 aromatic carbocycles. The maximum atomic E-state index is 5.13. The fourth-order valence-electron chi connectivity index (χ4n) is 3.81. The zero-order valence-corrected chi connectivity index (χ0v) is 16.2. The number of rotatable bonds is 3. The zero-order chi connectivity index (χ0) is 18.3. The average Bonchev–Trinajstić information content (AvgIpc) is 2.89. The Kier molecular flexibility index (Phi) is 4.46. The van der Waals surface area contributed by atoms with Gasteiger partial charge in [0.05, 0.1) is 0 Å². The van der Waals surface area contributed by atoms with E-state index in [1.54, 1.807) is 0 Å². The fraction of sp³-hybridized carbons (Fsp3) is 0.350. The Balaban J connectivity index is 1.60. The van der Waals surface area contributed by atoms with Crippen LogP contribution in [0.4, 0.5) is 0 Å². The first-order valence-corrected chi connectivity index (χ1v) is 9.33. The Hall–Kier alpha value is -2.31. The van der Waals surface area contributed by atoms with Gasteiger partial charge in [-0.1, -0.05) is 6.07 Å². The monoisotopic (exact) mass is 365 g/mol. The molecule has 1 aliphatic heterocycles. The summed E-state index contributed by atoms with van der Waals surface area (Å²) in [6, 6.07) is 6.38. The third kappa shape index (κ3) is 3.10. The lowest BCUT2D eigenvalue weighted by Gasteiger charge is -2.28. The number of H-pyrrole nitrogens is 1. The molecule has 5 nitrogen and oxygen atoms in total. The molecule has 4 heterocycles. The van der Waals surface area contributed by atoms with Crippen LogP contribution in [-0.4, -0.2) is 31.0 Å². The summed E-state index contributed by atoms with van der Waals surface area (Å²) in [6.07, 6.45) is 4.76. The number of aromatic amines is 1. The molecular weight excluding hydrogens is 342 g/mol. The lowest BCUT2D eigenvalue weighted by atomic mass is 10.1. The minimum Gasteiger partial charge on any atom is -0.334 e. The van der Waals surface area contributed by atoms with Crippen LogP contribution in [0.5, 0.6) is 0 Å². The first kappa shape index (κ1) is 17.1. The molecule has 0 fully saturated rings. The Morgan fingerprint density at radius 2 is 2.08 bits per heavy atom. The van der Waals surface area contributed by atoms with Crippen molar-refractivity contribution in [1.82, 2.24) is 24.4 Å². The van der Waals surface area contributed by atoms with Crippen molar-refractivity contribution in [1.29, 1.82) is 0 Å². The molecule has 0 saturated carbocycles. The largest absolute Gasteiger partial charge is 0.334 e. The summed E-state index contributed by atoms with van der Waals surface area (Å²) >= 11 is 5.13. The van der Waals surface area contributed by atoms with Gasteiger partial charge in [0.15, 0.2) is 4.77 Å². The highest BCUT2D eigenvalue weighted by atomic mass is 32.1. The second kappa shape index (κ2) is 6.78. The van der Waals surface area contributed by atoms with Gasteiger partial charge >= 0.3 is 0 Å². The molecule has 3 aromatic rings. The second-order valence-corrected chi connectivity index (χ2v) is 7.42. The summed E-state index contributed by atoms with van der Waals surface area (Å²) in [5.74, 6) is 1.02. The molecule has 6 heteroatoms. The lowest BCUT2D eigenvalue weighted by Crippen LogP contribution is -2.31. The molecule has 0 atom stereocenters. The number of pyridine rings is 1. The fourth-order valence-corrected chi connectivity index (χ4v) is 3.98. The minimum absolute atomic E-state index is 0.575. The van der Waals surface area contributed by atoms with Gasteiger partial charge in [0.25, 0.3) is 0 Å². The van der Waals surface area contributed by atoms with Gasteiger partial charge in [0.1, 0.15) is 5.82 Å². The van der Waals surface area contributed by atoms with E-state index >= 15 is 0 Å². The smallest absolute Gasteiger partial charge is 0.196 e. The van der Waals surface area contributed by atoms with E-state index in [4.69, 9.17) is 12.2 Å². The lowest BCUT2D eigenvalue weighted by molar-refractivity contribution is 0.242. The van der Waals surface area contributed by atoms with Gasteiger partial charge in [-0.15, -0.1) is 0 Å². The molecule has 1 aliphatic rings. The van der Waals surface area contributed by atoms with Crippen molar-refractivity contribution in [3.63, 3.8) is 0 Å². The van der Waals surface area contributed by atoms with Gasteiger partial charge in [-0.2, -0.15) is 0 Å². The Morgan fingerprint density at radius 1 is 1.23 bits per heavy atom. The molecule has 0 radical (unpaired) electrons. The molecular formula is C20H23N5S. The summed E-state index contributed by atoms with van der Waals surface area (Å²) in [7, 11) is 0. The number of hydrogen-bond donors (Lipinski definition) is 1. The molecule has 4 rings (SSSR count). The first-order chi connectivity index (χ1) is 12.5. The van der Waals surface area contributed by atoms with Crippen LogP contribution in [0, 0.1) is 25.5 Å². The van der Waals surface area contributed by atoms with Gasteiger partial charge in [-0.05, 0) is 56.2 Å². The zero-order valence-electron chi connectivity index (χ0n) is 15.4. The molecule has 0 bridgehead atoms. The van der Waals surface area contributed by atoms with Gasteiger partial charge in [0, 0.05) is 61.1 Å². The summed E-state index contributed by atoms with van der Waals surface area (Å²) in [5, 5.41) is 0. The maximum Gasteiger partial charge on any atom is 0.196 e. The van der Waals surface area contributed by atoms with Crippen LogP contribution in [0.1, 0.15) is 33.8 Å². The van der Waals surface area contributed by atoms with Crippen LogP contribution in [0.2, 0.25) is 0 Å². The third-order valence-electron chi connectivity index (χ3n) is 5.18. The van der Waals surface area contributed by atoms with Crippen molar-refractivity contribution >= 4 is 12.2 Å². The van der Waals surface area contributed by atoms with Crippen LogP contribution < -0.4 is 0 Å². The van der Waals surface area contributed by atoms with E-state index < -0.39 is 0 Å². The normalized spacial score (nSPS) is 14.4. The van der Waals surface area contributed by atoms with Crippen LogP contribution in [0.3, 0.4) is 0 Å². The maximum absolute atomic E-state index is 5.13. The van der Waals surface area contributed by atoms with Crippen molar-refractivity contribution in [3.05, 3.63) is 69.1 Å². The van der Waals surface area contributed by atoms with Crippen molar-refractivity contribution in [2.24, 2.45) is 0 Å². The van der Waals surface area contributed by atoms with E-state index in [2.05, 4.69) is 57.3 Å². The van der Waals surface area contributed by atoms with E-state index in [9.17, 15) is 0 Å². The van der Waals surface area contributed by atoms with Crippen LogP contribution in [0.15, 0.2) is 30.6 Å². The number of nitrogens with zero attached hydrogens (tertiary/aromatic N) is 4. The van der Waals surface area contributed by atoms with Crippen LogP contribution >= 0.6 is 12.2 Å². The van der Waals surface area contributed by atoms with Gasteiger partial charge in [-0.25, -0.2) is 9.97 Å². The Bertz CT molecular complexity index is 1020. The second-order valence-electron chi connectivity index (χ2n) is 7.03. The number of nitrogens with one attached hydrogen (secondary N) is 1. The summed E-state index contributed by atoms with van der Waals surface area (Å²) in [5.41, 5.74) is 7.51. The minimum atomic E-state index is 0.575. The van der Waals surface area contributed by atoms with Gasteiger partial charge in [-0.3, -0.25) is 4.90 Å². The van der Waals surface area contributed by atoms with E-state index in [0.29, 0.717) is 4.77 Å². The topological polar surface area (TPSA) is 49.7 Å². The molecule has 0 spiro atoms. The van der Waals surface area contributed by atoms with Crippen molar-refractivity contribution in [2.75, 3.05) is 6.54 Å². The van der Waals surface area contributed by atoms with E-state index in [0.717, 1.165) is 31.9 Å². The summed E-state index contributed by atoms with van der Waals surface area (Å²) in [4.78, 5) is 14.5. The molecule has 134 valence electrons. The predicted molar refractivity (Wildman–Crippen MR) is 105 cm³/mol. The number of aromatic nitrogens is 4. The summed E-state index contributed by atoms with van der Waals surface area (Å²) in [6.45, 7) is 9.31. The quantitative estimate of drug-likeness (QED) is 0.717. The molecule has 0 amide bonds. The van der Waals surface area contributed by atoms with E-state index in [-0.39, 0.29) is 0 Å². The highest BCUT2D eigenvalue weighted by molar-refractivity contribution is 7.71. The van der Waals surface area contributed by atoms with Gasteiger partial charge < -0.3 is 9.55 Å². The van der Waals surface area contributed by atoms with Crippen molar-refractivity contribution in [3.8, 4) is 5.82 Å². The van der Waals surface area contributed by atoms with Crippen LogP contribution in [0.25, 0.3) is 5.82 Å². The van der Waals surface area contributed by atoms with Crippen molar-refractivity contribution < 1.29 is 0 Å². The third-order valence-corrected chi connectivity index (χ3v) is 5.39. The number of fused-ring (bicyclic) bond motifs is 1. The Labute approximate surface area is 158 Å². The molecule has 3 aromatic heterocycles. The standard InChI is InChI=1S/C20H23N5S/c1-13-5-4-7-21-19(13)25-14(2)9-16(15(25)3)11-24-8-6-18-17(12-24)10-22-20(26)23-18/h4-5,7,9-10H,6,8,11-12H2,1-3H3,(H,22,23,26). The predicted octanol–water partition coefficient (Wildman–Crippen LogP) is 3.81.